The third kappa shape index (κ3) is 19.0. The van der Waals surface area contributed by atoms with Gasteiger partial charge < -0.3 is 56.4 Å². The van der Waals surface area contributed by atoms with Crippen LogP contribution in [0.1, 0.15) is 30.7 Å². The van der Waals surface area contributed by atoms with Crippen molar-refractivity contribution in [2.24, 2.45) is 0 Å². The first-order valence-corrected chi connectivity index (χ1v) is 50.1. The quantitative estimate of drug-likeness (QED) is 0.0715. The molecule has 0 unspecified atom stereocenters. The fourth-order valence-electron chi connectivity index (χ4n) is 19.8. The summed E-state index contributed by atoms with van der Waals surface area (Å²) in [6.07, 6.45) is 4.66. The standard InChI is InChI=1S/C44H32N2.C32H16N8.C31H26N2.C12H10O.C10H9NO.Al.Cu.H2NP/c1-3-17-37(18-4-1)45(43-23-11-15-35-13-7-9-21-41(35)43)39-29-25-33(26-30-39)34-27-31-40(32-28-34)46(38-19-5-2-6-20-38)44-24-12-16-36-14-8-10-22-42(36)44;1-2-10-18-17(9-1)25-33-26(18)38-28-21-13-5-6-14-22(21)30(35-28)40-32-24-16-8-7-15-23(24)31(36-32)39-29-20-12-4-3-11-19(20)27(34-29)37-25;1-31(2,27-21-32(23-13-5-3-6-14-23)29-19-11-9-17-25(27)29)28-22-33(24-15-7-4-8-16-24)30-20-12-10-18-26(28)30;13-12-8-6-11(7-9-12)10-4-2-1-3-5-10;1-7-5-6-8-3-2-4-9(12)10(8)11-7;;;1-2/h1-32H;1-16H;3-22H,1-2H3;1-9,13H;2-6,12H,1H3;;;1-2H/q;-2;;;;2*+2;/p-2/i/hD. The van der Waals surface area contributed by atoms with Crippen LogP contribution in [0.15, 0.2) is 498 Å². The fourth-order valence-corrected chi connectivity index (χ4v) is 20.4. The molecular formula is C129H93AlCuN14O2P. The van der Waals surface area contributed by atoms with Gasteiger partial charge in [-0.2, -0.15) is 0 Å². The first-order valence-electron chi connectivity index (χ1n) is 49.2. The van der Waals surface area contributed by atoms with Crippen LogP contribution in [0.4, 0.5) is 34.1 Å². The summed E-state index contributed by atoms with van der Waals surface area (Å²) in [4.78, 5) is 48.5. The number of nitrogens with zero attached hydrogens (tertiary/aromatic N) is 13. The van der Waals surface area contributed by atoms with Crippen molar-refractivity contribution >= 4 is 157 Å². The smallest absolute Gasteiger partial charge is 0.616 e. The minimum absolute atomic E-state index is 0. The average molecular weight is 1990 g/mol. The summed E-state index contributed by atoms with van der Waals surface area (Å²) in [6.45, 7) is 6.68. The molecule has 19 aromatic carbocycles. The Bertz CT molecular complexity index is 8760. The van der Waals surface area contributed by atoms with E-state index in [0.29, 0.717) is 45.9 Å². The third-order valence-corrected chi connectivity index (χ3v) is 27.7. The Morgan fingerprint density at radius 2 is 0.608 bits per heavy atom. The van der Waals surface area contributed by atoms with Crippen LogP contribution in [-0.2, 0) is 22.5 Å². The average Bonchev–Trinajstić information content (AvgIpc) is 1.58. The fraction of sp³-hybridized carbons (Fsp3) is 0.0310. The second kappa shape index (κ2) is 42.4. The van der Waals surface area contributed by atoms with Gasteiger partial charge in [0.2, 0.25) is 0 Å². The number of rotatable bonds is 16. The topological polar surface area (TPSA) is 177 Å². The molecule has 8 heterocycles. The maximum Gasteiger partial charge on any atom is 2.00 e. The predicted octanol–water partition coefficient (Wildman–Crippen LogP) is 32.7. The van der Waals surface area contributed by atoms with Gasteiger partial charge in [0, 0.05) is 129 Å². The molecule has 6 aromatic heterocycles. The molecule has 1 N–H and O–H groups in total. The zero-order valence-electron chi connectivity index (χ0n) is 81.8. The molecule has 0 saturated heterocycles. The summed E-state index contributed by atoms with van der Waals surface area (Å²) in [5, 5.41) is 14.7. The number of para-hydroxylation sites is 7. The molecule has 0 saturated carbocycles. The van der Waals surface area contributed by atoms with Crippen molar-refractivity contribution in [3.63, 3.8) is 0 Å². The van der Waals surface area contributed by atoms with Gasteiger partial charge in [0.25, 0.3) is 0 Å². The van der Waals surface area contributed by atoms with Crippen LogP contribution < -0.4 is 27.3 Å². The van der Waals surface area contributed by atoms with Crippen molar-refractivity contribution in [2.45, 2.75) is 26.2 Å². The Morgan fingerprint density at radius 3 is 1.01 bits per heavy atom. The number of fused-ring (bicyclic) bond motifs is 25. The maximum atomic E-state index is 5.89. The number of pyridine rings is 1. The number of anilines is 6. The molecule has 2 aliphatic rings. The molecular weight excluding hydrogens is 1900 g/mol. The van der Waals surface area contributed by atoms with E-state index in [2.05, 4.69) is 398 Å². The first kappa shape index (κ1) is 93.5. The minimum Gasteiger partial charge on any atom is -0.616 e. The van der Waals surface area contributed by atoms with E-state index in [-0.39, 0.29) is 22.5 Å². The number of aryl methyl sites for hydroxylation is 1. The largest absolute Gasteiger partial charge is 2.00 e. The molecule has 2 aliphatic heterocycles. The number of benzene rings is 19. The molecule has 0 atom stereocenters. The van der Waals surface area contributed by atoms with Crippen LogP contribution in [0.5, 0.6) is 11.5 Å². The van der Waals surface area contributed by atoms with Crippen molar-refractivity contribution in [1.29, 1.82) is 5.15 Å². The number of nitrogens with one attached hydrogen (secondary N) is 1. The van der Waals surface area contributed by atoms with Gasteiger partial charge in [-0.25, -0.2) is 15.0 Å². The van der Waals surface area contributed by atoms with Gasteiger partial charge >= 0.3 is 33.0 Å². The van der Waals surface area contributed by atoms with E-state index in [1.54, 1.807) is 0 Å². The Morgan fingerprint density at radius 1 is 0.297 bits per heavy atom. The van der Waals surface area contributed by atoms with Gasteiger partial charge in [-0.3, -0.25) is 5.15 Å². The van der Waals surface area contributed by atoms with Gasteiger partial charge in [-0.1, -0.05) is 378 Å². The number of hydrogen-bond donors (Lipinski definition) is 1. The molecule has 8 bridgehead atoms. The number of hydrogen-bond acceptors (Lipinski definition) is 12. The molecule has 0 fully saturated rings. The van der Waals surface area contributed by atoms with Crippen molar-refractivity contribution in [2.75, 3.05) is 9.80 Å². The second-order valence-electron chi connectivity index (χ2n) is 36.3. The van der Waals surface area contributed by atoms with Crippen molar-refractivity contribution < 1.29 is 26.1 Å². The van der Waals surface area contributed by atoms with E-state index >= 15 is 0 Å². The van der Waals surface area contributed by atoms with Gasteiger partial charge in [-0.05, 0) is 203 Å². The summed E-state index contributed by atoms with van der Waals surface area (Å²) in [7, 11) is 2.48. The van der Waals surface area contributed by atoms with Crippen LogP contribution in [0.3, 0.4) is 0 Å². The molecule has 16 nitrogen and oxygen atoms in total. The normalized spacial score (nSPS) is 11.3. The van der Waals surface area contributed by atoms with Crippen molar-refractivity contribution in [3.05, 3.63) is 515 Å². The molecule has 0 amide bonds. The summed E-state index contributed by atoms with van der Waals surface area (Å²) < 4.78 is 22.1. The Hall–Kier alpha value is -18.1. The van der Waals surface area contributed by atoms with Gasteiger partial charge in [0.15, 0.2) is 1.41 Å². The number of aromatic nitrogens is 11. The molecule has 25 aromatic rings. The van der Waals surface area contributed by atoms with E-state index in [9.17, 15) is 0 Å². The van der Waals surface area contributed by atoms with Gasteiger partial charge in [0.1, 0.15) is 11.3 Å². The van der Waals surface area contributed by atoms with E-state index in [0.717, 1.165) is 106 Å². The predicted molar refractivity (Wildman–Crippen MR) is 605 cm³/mol. The van der Waals surface area contributed by atoms with Crippen LogP contribution in [0, 0.1) is 12.1 Å². The third-order valence-electron chi connectivity index (χ3n) is 26.9. The second-order valence-corrected chi connectivity index (χ2v) is 36.9. The molecule has 710 valence electrons. The molecule has 0 spiro atoms. The Labute approximate surface area is 877 Å². The van der Waals surface area contributed by atoms with Crippen LogP contribution in [0.2, 0.25) is 1.41 Å². The van der Waals surface area contributed by atoms with E-state index in [1.165, 1.54) is 88.1 Å². The van der Waals surface area contributed by atoms with E-state index in [1.807, 2.05) is 159 Å². The van der Waals surface area contributed by atoms with E-state index in [4.69, 9.17) is 48.9 Å². The minimum atomic E-state index is -0.665. The maximum absolute atomic E-state index is 5.89. The van der Waals surface area contributed by atoms with Gasteiger partial charge in [0.05, 0.1) is 51.5 Å². The first-order chi connectivity index (χ1) is 73.0. The molecule has 148 heavy (non-hydrogen) atoms. The summed E-state index contributed by atoms with van der Waals surface area (Å²) in [6, 6.07) is 168. The molecule has 0 aliphatic carbocycles. The van der Waals surface area contributed by atoms with Crippen LogP contribution in [-0.4, -0.2) is 59.9 Å². The Balaban J connectivity index is 0.000000113. The molecule has 19 heteroatoms. The van der Waals surface area contributed by atoms with Crippen LogP contribution >= 0.6 is 9.03 Å². The van der Waals surface area contributed by atoms with Crippen molar-refractivity contribution in [1.82, 2.24) is 54.0 Å². The van der Waals surface area contributed by atoms with Crippen molar-refractivity contribution in [3.8, 4) is 90.7 Å². The zero-order valence-corrected chi connectivity index (χ0v) is 83.9. The summed E-state index contributed by atoms with van der Waals surface area (Å²) in [5.41, 5.74) is 26.5. The SMILES string of the molecule is CC(C)(c1cn(-c2ccccc2)c2ccccc12)c1cn(-c2ccccc2)c2ccccc12.Cc1ccc2cccc([O][Al][O]c3ccc(-c4ccccc4)cc3)c2n1.[2H]N=P.[Cu+2].c1ccc(N(c2ccc(-c3ccc(N(c4ccccc4)c4cccc5ccccc45)cc3)cc2)c2cccc3ccccc23)cc1.c1ccc2c(c1)-c1nc-2nc2[n-]c(nc3nc(nc4[n-]c(n1)c1ccccc41)-c1ccccc1-3)c1ccccc21. The summed E-state index contributed by atoms with van der Waals surface area (Å²) in [5.74, 6) is 3.78. The van der Waals surface area contributed by atoms with Crippen LogP contribution in [0.25, 0.3) is 178 Å². The summed E-state index contributed by atoms with van der Waals surface area (Å²) >= 11 is -0.665. The monoisotopic (exact) mass is 1990 g/mol. The molecule has 27 rings (SSSR count). The van der Waals surface area contributed by atoms with E-state index < -0.39 is 15.9 Å². The molecule has 2 radical (unpaired) electrons. The Kier molecular flexibility index (Phi) is 26.8. The van der Waals surface area contributed by atoms with Gasteiger partial charge in [-0.15, -0.1) is 0 Å². The zero-order chi connectivity index (χ0) is 99.8.